The van der Waals surface area contributed by atoms with Gasteiger partial charge in [0.25, 0.3) is 0 Å². The minimum absolute atomic E-state index is 0.00683. The Hall–Kier alpha value is -2.28. The van der Waals surface area contributed by atoms with Crippen LogP contribution in [0.15, 0.2) is 0 Å². The second-order valence-electron chi connectivity index (χ2n) is 6.96. The second-order valence-corrected chi connectivity index (χ2v) is 6.96. The van der Waals surface area contributed by atoms with Crippen molar-refractivity contribution >= 4 is 23.6 Å². The molecule has 0 aromatic heterocycles. The van der Waals surface area contributed by atoms with Crippen LogP contribution in [0, 0.1) is 0 Å². The van der Waals surface area contributed by atoms with Gasteiger partial charge in [-0.05, 0) is 14.0 Å². The lowest BCUT2D eigenvalue weighted by molar-refractivity contribution is -0.142. The van der Waals surface area contributed by atoms with Gasteiger partial charge in [-0.2, -0.15) is 0 Å². The summed E-state index contributed by atoms with van der Waals surface area (Å²) in [4.78, 5) is 41.7. The van der Waals surface area contributed by atoms with Crippen molar-refractivity contribution in [3.63, 3.8) is 0 Å². The molecule has 0 aromatic carbocycles. The molecule has 226 valence electrons. The first kappa shape index (κ1) is 40.2. The molecule has 1 amide bonds. The highest BCUT2D eigenvalue weighted by Gasteiger charge is 2.00. The highest BCUT2D eigenvalue weighted by Crippen LogP contribution is 1.83. The van der Waals surface area contributed by atoms with Crippen molar-refractivity contribution < 1.29 is 57.8 Å². The highest BCUT2D eigenvalue weighted by atomic mass is 16.6. The number of nitrogens with two attached hydrogens (primary N) is 2. The third kappa shape index (κ3) is 47.0. The Labute approximate surface area is 223 Å². The number of hydrogen-bond donors (Lipinski definition) is 6. The van der Waals surface area contributed by atoms with Crippen LogP contribution in [-0.2, 0) is 47.6 Å². The number of ether oxygens (including phenoxy) is 6. The van der Waals surface area contributed by atoms with E-state index in [1.165, 1.54) is 6.92 Å². The summed E-state index contributed by atoms with van der Waals surface area (Å²) in [5, 5.41) is 22.0. The molecule has 0 aliphatic carbocycles. The van der Waals surface area contributed by atoms with Crippen LogP contribution in [0.3, 0.4) is 0 Å². The van der Waals surface area contributed by atoms with Crippen molar-refractivity contribution in [1.29, 1.82) is 0 Å². The highest BCUT2D eigenvalue weighted by molar-refractivity contribution is 5.77. The van der Waals surface area contributed by atoms with Crippen LogP contribution in [0.5, 0.6) is 0 Å². The Morgan fingerprint density at radius 2 is 0.974 bits per heavy atom. The van der Waals surface area contributed by atoms with Gasteiger partial charge in [0.15, 0.2) is 5.78 Å². The normalized spacial score (nSPS) is 10.0. The molecule has 0 saturated heterocycles. The van der Waals surface area contributed by atoms with E-state index in [1.54, 1.807) is 0 Å². The lowest BCUT2D eigenvalue weighted by Gasteiger charge is -2.07. The largest absolute Gasteiger partial charge is 0.480 e. The lowest BCUT2D eigenvalue weighted by Crippen LogP contribution is -2.33. The fourth-order valence-corrected chi connectivity index (χ4v) is 1.75. The van der Waals surface area contributed by atoms with E-state index in [1.807, 2.05) is 7.05 Å². The Balaban J connectivity index is -0.000000576. The van der Waals surface area contributed by atoms with Crippen LogP contribution in [-0.4, -0.2) is 146 Å². The van der Waals surface area contributed by atoms with Gasteiger partial charge in [-0.15, -0.1) is 0 Å². The van der Waals surface area contributed by atoms with Crippen molar-refractivity contribution in [2.75, 3.05) is 113 Å². The topological polar surface area (TPSA) is 240 Å². The van der Waals surface area contributed by atoms with E-state index < -0.39 is 11.9 Å². The average Bonchev–Trinajstić information content (AvgIpc) is 2.87. The monoisotopic (exact) mass is 558 g/mol. The molecular weight excluding hydrogens is 512 g/mol. The fourth-order valence-electron chi connectivity index (χ4n) is 1.75. The summed E-state index contributed by atoms with van der Waals surface area (Å²) in [5.41, 5.74) is 9.81. The smallest absolute Gasteiger partial charge is 0.329 e. The summed E-state index contributed by atoms with van der Waals surface area (Å²) in [6, 6.07) is 0. The van der Waals surface area contributed by atoms with Crippen LogP contribution >= 0.6 is 0 Å². The third-order valence-electron chi connectivity index (χ3n) is 3.34. The number of ketones is 1. The first-order valence-corrected chi connectivity index (χ1v) is 11.9. The zero-order valence-electron chi connectivity index (χ0n) is 22.4. The number of carboxylic acid groups (broad SMARTS) is 2. The number of carboxylic acids is 2. The van der Waals surface area contributed by atoms with Crippen LogP contribution < -0.4 is 22.1 Å². The quantitative estimate of drug-likeness (QED) is 0.0650. The van der Waals surface area contributed by atoms with Crippen molar-refractivity contribution in [2.45, 2.75) is 6.92 Å². The zero-order chi connectivity index (χ0) is 29.3. The molecule has 16 heteroatoms. The summed E-state index contributed by atoms with van der Waals surface area (Å²) in [5.74, 6) is -2.20. The Morgan fingerprint density at radius 1 is 0.605 bits per heavy atom. The second kappa shape index (κ2) is 34.7. The van der Waals surface area contributed by atoms with Crippen LogP contribution in [0.1, 0.15) is 6.92 Å². The maximum Gasteiger partial charge on any atom is 0.329 e. The molecule has 0 aliphatic heterocycles. The maximum atomic E-state index is 11.2. The van der Waals surface area contributed by atoms with Crippen molar-refractivity contribution in [3.05, 3.63) is 0 Å². The molecule has 38 heavy (non-hydrogen) atoms. The SMILES string of the molecule is CNCCNC(=O)COCCOCCOCC(C)=O.NCCN.O=C(O)COCCOCCOCC(=O)O. The molecule has 0 heterocycles. The average molecular weight is 559 g/mol. The van der Waals surface area contributed by atoms with Gasteiger partial charge in [-0.25, -0.2) is 9.59 Å². The summed E-state index contributed by atoms with van der Waals surface area (Å²) in [7, 11) is 1.82. The molecule has 8 N–H and O–H groups in total. The summed E-state index contributed by atoms with van der Waals surface area (Å²) in [6.07, 6.45) is 0. The molecule has 0 saturated carbocycles. The molecule has 0 spiro atoms. The van der Waals surface area contributed by atoms with Gasteiger partial charge in [0, 0.05) is 26.2 Å². The predicted molar refractivity (Wildman–Crippen MR) is 136 cm³/mol. The van der Waals surface area contributed by atoms with E-state index >= 15 is 0 Å². The minimum atomic E-state index is -1.03. The first-order valence-electron chi connectivity index (χ1n) is 11.9. The number of nitrogens with one attached hydrogen (secondary N) is 2. The molecule has 0 atom stereocenters. The van der Waals surface area contributed by atoms with E-state index in [9.17, 15) is 19.2 Å². The third-order valence-corrected chi connectivity index (χ3v) is 3.34. The Morgan fingerprint density at radius 3 is 1.32 bits per heavy atom. The van der Waals surface area contributed by atoms with Crippen LogP contribution in [0.4, 0.5) is 0 Å². The summed E-state index contributed by atoms with van der Waals surface area (Å²) >= 11 is 0. The van der Waals surface area contributed by atoms with E-state index in [0.717, 1.165) is 6.54 Å². The fraction of sp³-hybridized carbons (Fsp3) is 0.818. The number of likely N-dealkylation sites (N-methyl/N-ethyl adjacent to an activating group) is 1. The molecule has 0 bridgehead atoms. The van der Waals surface area contributed by atoms with Crippen molar-refractivity contribution in [2.24, 2.45) is 11.5 Å². The van der Waals surface area contributed by atoms with E-state index in [2.05, 4.69) is 20.1 Å². The van der Waals surface area contributed by atoms with Crippen molar-refractivity contribution in [1.82, 2.24) is 10.6 Å². The summed E-state index contributed by atoms with van der Waals surface area (Å²) in [6.45, 7) is 5.85. The number of Topliss-reactive ketones (excluding diaryl/α,β-unsaturated/α-hetero) is 1. The molecule has 0 fully saturated rings. The van der Waals surface area contributed by atoms with Gasteiger partial charge < -0.3 is 60.7 Å². The molecule has 0 rings (SSSR count). The summed E-state index contributed by atoms with van der Waals surface area (Å²) < 4.78 is 29.6. The maximum absolute atomic E-state index is 11.2. The molecule has 0 aromatic rings. The number of rotatable bonds is 24. The molecule has 0 radical (unpaired) electrons. The Bertz CT molecular complexity index is 548. The van der Waals surface area contributed by atoms with E-state index in [4.69, 9.17) is 40.6 Å². The standard InChI is InChI=1S/C12H24N2O5.C8H14O7.C2H8N2/c1-11(15)9-18-7-5-17-6-8-19-10-12(16)14-4-3-13-2;9-7(10)5-14-3-1-13-2-4-15-6-8(11)12;3-1-2-4/h13H,3-10H2,1-2H3,(H,14,16);1-6H2,(H,9,10)(H,11,12);1-4H2. The number of amides is 1. The Kier molecular flexibility index (Phi) is 36.7. The van der Waals surface area contributed by atoms with Gasteiger partial charge in [0.2, 0.25) is 5.91 Å². The van der Waals surface area contributed by atoms with Gasteiger partial charge >= 0.3 is 11.9 Å². The predicted octanol–water partition coefficient (Wildman–Crippen LogP) is -2.93. The van der Waals surface area contributed by atoms with E-state index in [-0.39, 0.29) is 64.5 Å². The van der Waals surface area contributed by atoms with Gasteiger partial charge in [-0.1, -0.05) is 0 Å². The number of hydrogen-bond acceptors (Lipinski definition) is 13. The van der Waals surface area contributed by atoms with E-state index in [0.29, 0.717) is 46.1 Å². The molecular formula is C22H46N4O12. The lowest BCUT2D eigenvalue weighted by atomic mass is 10.5. The zero-order valence-corrected chi connectivity index (χ0v) is 22.4. The number of aliphatic carboxylic acids is 2. The van der Waals surface area contributed by atoms with Crippen LogP contribution in [0.25, 0.3) is 0 Å². The van der Waals surface area contributed by atoms with Gasteiger partial charge in [0.1, 0.15) is 26.4 Å². The molecule has 0 aliphatic rings. The van der Waals surface area contributed by atoms with Crippen LogP contribution in [0.2, 0.25) is 0 Å². The first-order chi connectivity index (χ1) is 18.2. The van der Waals surface area contributed by atoms with Gasteiger partial charge in [-0.3, -0.25) is 9.59 Å². The van der Waals surface area contributed by atoms with Crippen molar-refractivity contribution in [3.8, 4) is 0 Å². The number of carbonyl (C=O) groups is 4. The number of carbonyl (C=O) groups excluding carboxylic acids is 2. The minimum Gasteiger partial charge on any atom is -0.480 e. The molecule has 0 unspecified atom stereocenters. The van der Waals surface area contributed by atoms with Gasteiger partial charge in [0.05, 0.1) is 52.9 Å². The molecule has 16 nitrogen and oxygen atoms in total.